The number of hydrogen-bond donors (Lipinski definition) is 0. The van der Waals surface area contributed by atoms with Gasteiger partial charge in [0.2, 0.25) is 0 Å². The van der Waals surface area contributed by atoms with Gasteiger partial charge in [0.15, 0.2) is 10.8 Å². The summed E-state index contributed by atoms with van der Waals surface area (Å²) in [7, 11) is 1.73. The second-order valence-corrected chi connectivity index (χ2v) is 4.73. The van der Waals surface area contributed by atoms with Crippen LogP contribution in [0.2, 0.25) is 10.2 Å². The van der Waals surface area contributed by atoms with E-state index in [2.05, 4.69) is 15.1 Å². The third-order valence-electron chi connectivity index (χ3n) is 2.70. The molecular weight excluding hydrogens is 290 g/mol. The van der Waals surface area contributed by atoms with Crippen molar-refractivity contribution in [2.24, 2.45) is 7.05 Å². The Morgan fingerprint density at radius 2 is 2.05 bits per heavy atom. The smallest absolute Gasteiger partial charge is 0.179 e. The fraction of sp³-hybridized carbons (Fsp3) is 0.0833. The zero-order valence-corrected chi connectivity index (χ0v) is 11.2. The summed E-state index contributed by atoms with van der Waals surface area (Å²) in [6, 6.07) is 4.10. The van der Waals surface area contributed by atoms with Crippen molar-refractivity contribution in [1.82, 2.24) is 19.7 Å². The van der Waals surface area contributed by atoms with Crippen molar-refractivity contribution in [2.75, 3.05) is 0 Å². The van der Waals surface area contributed by atoms with E-state index in [1.165, 1.54) is 12.1 Å². The number of hydrogen-bond acceptors (Lipinski definition) is 3. The highest BCUT2D eigenvalue weighted by Gasteiger charge is 2.13. The van der Waals surface area contributed by atoms with E-state index in [1.54, 1.807) is 24.0 Å². The lowest BCUT2D eigenvalue weighted by Gasteiger charge is -2.03. The van der Waals surface area contributed by atoms with E-state index in [0.717, 1.165) is 0 Å². The first kappa shape index (κ1) is 12.3. The monoisotopic (exact) mass is 296 g/mol. The fourth-order valence-corrected chi connectivity index (χ4v) is 2.32. The van der Waals surface area contributed by atoms with Crippen LogP contribution in [-0.2, 0) is 7.05 Å². The zero-order valence-electron chi connectivity index (χ0n) is 9.73. The predicted molar refractivity (Wildman–Crippen MR) is 71.7 cm³/mol. The van der Waals surface area contributed by atoms with Crippen LogP contribution < -0.4 is 0 Å². The lowest BCUT2D eigenvalue weighted by Crippen LogP contribution is -1.93. The molecular formula is C12H7Cl2FN4. The van der Waals surface area contributed by atoms with Crippen LogP contribution in [0.15, 0.2) is 24.4 Å². The summed E-state index contributed by atoms with van der Waals surface area (Å²) in [5.41, 5.74) is 2.18. The average molecular weight is 297 g/mol. The Labute approximate surface area is 117 Å². The second-order valence-electron chi connectivity index (χ2n) is 3.97. The van der Waals surface area contributed by atoms with Crippen molar-refractivity contribution in [3.05, 3.63) is 40.4 Å². The van der Waals surface area contributed by atoms with E-state index in [4.69, 9.17) is 23.2 Å². The van der Waals surface area contributed by atoms with E-state index in [9.17, 15) is 4.39 Å². The molecule has 7 heteroatoms. The number of aromatic nitrogens is 4. The van der Waals surface area contributed by atoms with Crippen molar-refractivity contribution in [3.8, 4) is 11.3 Å². The van der Waals surface area contributed by atoms with Gasteiger partial charge in [-0.2, -0.15) is 5.10 Å². The Balaban J connectivity index is 2.23. The van der Waals surface area contributed by atoms with Gasteiger partial charge in [-0.05, 0) is 18.2 Å². The number of nitrogens with zero attached hydrogens (tertiary/aromatic N) is 4. The van der Waals surface area contributed by atoms with Crippen molar-refractivity contribution in [2.45, 2.75) is 0 Å². The molecule has 0 atom stereocenters. The molecule has 96 valence electrons. The number of rotatable bonds is 1. The Morgan fingerprint density at radius 1 is 1.26 bits per heavy atom. The van der Waals surface area contributed by atoms with Gasteiger partial charge < -0.3 is 0 Å². The summed E-state index contributed by atoms with van der Waals surface area (Å²) in [4.78, 5) is 8.61. The summed E-state index contributed by atoms with van der Waals surface area (Å²) < 4.78 is 14.6. The van der Waals surface area contributed by atoms with Gasteiger partial charge in [0.25, 0.3) is 0 Å². The molecule has 19 heavy (non-hydrogen) atoms. The normalized spacial score (nSPS) is 11.2. The summed E-state index contributed by atoms with van der Waals surface area (Å²) in [6.45, 7) is 0. The summed E-state index contributed by atoms with van der Waals surface area (Å²) in [5.74, 6) is -0.401. The predicted octanol–water partition coefficient (Wildman–Crippen LogP) is 3.48. The highest BCUT2D eigenvalue weighted by Crippen LogP contribution is 2.28. The number of halogens is 3. The van der Waals surface area contributed by atoms with Gasteiger partial charge in [-0.3, -0.25) is 0 Å². The Kier molecular flexibility index (Phi) is 2.88. The molecule has 0 radical (unpaired) electrons. The Morgan fingerprint density at radius 3 is 2.79 bits per heavy atom. The molecule has 1 aromatic carbocycles. The van der Waals surface area contributed by atoms with Gasteiger partial charge in [-0.25, -0.2) is 19.0 Å². The number of fused-ring (bicyclic) bond motifs is 1. The molecule has 4 nitrogen and oxygen atoms in total. The fourth-order valence-electron chi connectivity index (χ4n) is 1.81. The van der Waals surface area contributed by atoms with Gasteiger partial charge in [0.1, 0.15) is 11.3 Å². The topological polar surface area (TPSA) is 43.6 Å². The average Bonchev–Trinajstić information content (AvgIpc) is 2.65. The summed E-state index contributed by atoms with van der Waals surface area (Å²) >= 11 is 12.0. The summed E-state index contributed by atoms with van der Waals surface area (Å²) in [6.07, 6.45) is 1.56. The first-order valence-electron chi connectivity index (χ1n) is 5.37. The van der Waals surface area contributed by atoms with Crippen LogP contribution in [0.1, 0.15) is 0 Å². The van der Waals surface area contributed by atoms with Crippen molar-refractivity contribution in [1.29, 1.82) is 0 Å². The number of aryl methyl sites for hydroxylation is 1. The molecule has 0 aliphatic rings. The lowest BCUT2D eigenvalue weighted by molar-refractivity contribution is 0.628. The van der Waals surface area contributed by atoms with Gasteiger partial charge in [0.05, 0.1) is 16.9 Å². The van der Waals surface area contributed by atoms with Crippen molar-refractivity contribution < 1.29 is 4.39 Å². The molecule has 0 unspecified atom stereocenters. The Bertz CT molecular complexity index is 785. The maximum Gasteiger partial charge on any atom is 0.179 e. The molecule has 3 aromatic rings. The number of benzene rings is 1. The molecule has 2 aromatic heterocycles. The minimum atomic E-state index is -0.401. The van der Waals surface area contributed by atoms with Gasteiger partial charge >= 0.3 is 0 Å². The van der Waals surface area contributed by atoms with Crippen molar-refractivity contribution in [3.63, 3.8) is 0 Å². The van der Waals surface area contributed by atoms with Crippen LogP contribution in [0.3, 0.4) is 0 Å². The van der Waals surface area contributed by atoms with Gasteiger partial charge in [0, 0.05) is 12.6 Å². The van der Waals surface area contributed by atoms with E-state index in [1.807, 2.05) is 0 Å². The summed E-state index contributed by atoms with van der Waals surface area (Å²) in [5, 5.41) is 4.57. The first-order chi connectivity index (χ1) is 9.06. The molecule has 0 fully saturated rings. The van der Waals surface area contributed by atoms with E-state index in [-0.39, 0.29) is 10.2 Å². The van der Waals surface area contributed by atoms with Gasteiger partial charge in [-0.1, -0.05) is 23.2 Å². The van der Waals surface area contributed by atoms with Gasteiger partial charge in [-0.15, -0.1) is 0 Å². The zero-order chi connectivity index (χ0) is 13.6. The largest absolute Gasteiger partial charge is 0.248 e. The second kappa shape index (κ2) is 4.43. The molecule has 0 saturated carbocycles. The van der Waals surface area contributed by atoms with Crippen molar-refractivity contribution >= 4 is 34.4 Å². The van der Waals surface area contributed by atoms with E-state index < -0.39 is 5.82 Å². The third-order valence-corrected chi connectivity index (χ3v) is 3.27. The standard InChI is InChI=1S/C12H7Cl2FN4/c1-19-12-10(11(14)18-19)17-9(5-16-12)7-3-2-6(15)4-8(7)13/h2-5H,1H3. The van der Waals surface area contributed by atoms with Crippen LogP contribution in [0.25, 0.3) is 22.4 Å². The maximum atomic E-state index is 13.0. The highest BCUT2D eigenvalue weighted by molar-refractivity contribution is 6.34. The molecule has 0 amide bonds. The molecule has 0 aliphatic carbocycles. The Hall–Kier alpha value is -1.72. The highest BCUT2D eigenvalue weighted by atomic mass is 35.5. The SMILES string of the molecule is Cn1nc(Cl)c2nc(-c3ccc(F)cc3Cl)cnc21. The van der Waals surface area contributed by atoms with E-state index in [0.29, 0.717) is 22.4 Å². The molecule has 0 saturated heterocycles. The molecule has 0 aliphatic heterocycles. The molecule has 3 rings (SSSR count). The molecule has 0 bridgehead atoms. The lowest BCUT2D eigenvalue weighted by atomic mass is 10.1. The minimum absolute atomic E-state index is 0.269. The quantitative estimate of drug-likeness (QED) is 0.690. The maximum absolute atomic E-state index is 13.0. The van der Waals surface area contributed by atoms with Crippen LogP contribution >= 0.6 is 23.2 Å². The van der Waals surface area contributed by atoms with Crippen LogP contribution in [-0.4, -0.2) is 19.7 Å². The first-order valence-corrected chi connectivity index (χ1v) is 6.12. The van der Waals surface area contributed by atoms with Crippen LogP contribution in [0, 0.1) is 5.82 Å². The third kappa shape index (κ3) is 2.05. The van der Waals surface area contributed by atoms with Crippen LogP contribution in [0.5, 0.6) is 0 Å². The molecule has 2 heterocycles. The molecule has 0 spiro atoms. The molecule has 0 N–H and O–H groups in total. The van der Waals surface area contributed by atoms with Crippen LogP contribution in [0.4, 0.5) is 4.39 Å². The minimum Gasteiger partial charge on any atom is -0.248 e. The van der Waals surface area contributed by atoms with E-state index >= 15 is 0 Å².